The van der Waals surface area contributed by atoms with Gasteiger partial charge in [-0.2, -0.15) is 0 Å². The molecule has 0 amide bonds. The van der Waals surface area contributed by atoms with Crippen molar-refractivity contribution in [1.29, 1.82) is 0 Å². The first kappa shape index (κ1) is 12.4. The third kappa shape index (κ3) is 2.43. The molecule has 0 atom stereocenters. The summed E-state index contributed by atoms with van der Waals surface area (Å²) >= 11 is 0. The maximum absolute atomic E-state index is 3.86. The van der Waals surface area contributed by atoms with E-state index in [1.807, 2.05) is 19.1 Å². The lowest BCUT2D eigenvalue weighted by Crippen LogP contribution is -1.87. The summed E-state index contributed by atoms with van der Waals surface area (Å²) < 4.78 is 0. The molecule has 0 bridgehead atoms. The normalized spacial score (nSPS) is 11.3. The Labute approximate surface area is 109 Å². The summed E-state index contributed by atoms with van der Waals surface area (Å²) in [6.45, 7) is 8.05. The van der Waals surface area contributed by atoms with Crippen molar-refractivity contribution in [2.45, 2.75) is 13.8 Å². The predicted molar refractivity (Wildman–Crippen MR) is 80.5 cm³/mol. The number of hydrogen-bond donors (Lipinski definition) is 0. The Kier molecular flexibility index (Phi) is 3.78. The fourth-order valence-electron chi connectivity index (χ4n) is 2.13. The quantitative estimate of drug-likeness (QED) is 0.636. The molecule has 0 heterocycles. The molecular formula is C18H18. The van der Waals surface area contributed by atoms with E-state index in [0.29, 0.717) is 0 Å². The summed E-state index contributed by atoms with van der Waals surface area (Å²) in [5, 5.41) is 0. The van der Waals surface area contributed by atoms with Crippen molar-refractivity contribution >= 4 is 5.57 Å². The van der Waals surface area contributed by atoms with Crippen LogP contribution >= 0.6 is 0 Å². The first-order valence-corrected chi connectivity index (χ1v) is 6.21. The summed E-state index contributed by atoms with van der Waals surface area (Å²) in [5.41, 5.74) is 6.24. The molecular weight excluding hydrogens is 216 g/mol. The van der Waals surface area contributed by atoms with E-state index in [9.17, 15) is 0 Å². The van der Waals surface area contributed by atoms with E-state index >= 15 is 0 Å². The Bertz CT molecular complexity index is 574. The number of benzene rings is 2. The Hall–Kier alpha value is -2.08. The minimum atomic E-state index is 1.17. The zero-order valence-electron chi connectivity index (χ0n) is 11.0. The number of allylic oxidation sites excluding steroid dienone is 3. The van der Waals surface area contributed by atoms with Crippen LogP contribution in [0, 0.1) is 6.92 Å². The van der Waals surface area contributed by atoms with Crippen LogP contribution in [-0.2, 0) is 0 Å². The smallest absolute Gasteiger partial charge is 0.0149 e. The van der Waals surface area contributed by atoms with Crippen LogP contribution in [0.3, 0.4) is 0 Å². The molecule has 2 aromatic rings. The van der Waals surface area contributed by atoms with Gasteiger partial charge < -0.3 is 0 Å². The summed E-state index contributed by atoms with van der Waals surface area (Å²) in [6, 6.07) is 17.1. The van der Waals surface area contributed by atoms with E-state index in [-0.39, 0.29) is 0 Å². The van der Waals surface area contributed by atoms with Gasteiger partial charge in [-0.05, 0) is 47.7 Å². The highest BCUT2D eigenvalue weighted by Crippen LogP contribution is 2.27. The topological polar surface area (TPSA) is 0 Å². The van der Waals surface area contributed by atoms with E-state index in [0.717, 1.165) is 0 Å². The van der Waals surface area contributed by atoms with Crippen LogP contribution < -0.4 is 0 Å². The SMILES string of the molecule is C=C/C(=C\C)c1ccc(C)c(-c2ccccc2)c1. The fourth-order valence-corrected chi connectivity index (χ4v) is 2.13. The summed E-state index contributed by atoms with van der Waals surface area (Å²) in [7, 11) is 0. The van der Waals surface area contributed by atoms with Crippen molar-refractivity contribution in [2.24, 2.45) is 0 Å². The standard InChI is InChI=1S/C18H18/c1-4-15(5-2)17-12-11-14(3)18(13-17)16-9-7-6-8-10-16/h4-13H,1H2,2-3H3/b15-5+. The minimum absolute atomic E-state index is 1.17. The van der Waals surface area contributed by atoms with Crippen molar-refractivity contribution in [3.8, 4) is 11.1 Å². The van der Waals surface area contributed by atoms with Gasteiger partial charge in [-0.25, -0.2) is 0 Å². The van der Waals surface area contributed by atoms with Gasteiger partial charge in [-0.3, -0.25) is 0 Å². The highest BCUT2D eigenvalue weighted by atomic mass is 14.1. The largest absolute Gasteiger partial charge is 0.0985 e. The lowest BCUT2D eigenvalue weighted by atomic mass is 9.95. The Morgan fingerprint density at radius 1 is 1.06 bits per heavy atom. The Morgan fingerprint density at radius 2 is 1.78 bits per heavy atom. The summed E-state index contributed by atoms with van der Waals surface area (Å²) in [5.74, 6) is 0. The third-order valence-electron chi connectivity index (χ3n) is 3.19. The van der Waals surface area contributed by atoms with E-state index in [1.165, 1.54) is 27.8 Å². The van der Waals surface area contributed by atoms with Crippen molar-refractivity contribution in [2.75, 3.05) is 0 Å². The fraction of sp³-hybridized carbons (Fsp3) is 0.111. The molecule has 0 saturated carbocycles. The molecule has 0 aromatic heterocycles. The predicted octanol–water partition coefficient (Wildman–Crippen LogP) is 5.25. The van der Waals surface area contributed by atoms with E-state index in [1.54, 1.807) is 0 Å². The highest BCUT2D eigenvalue weighted by Gasteiger charge is 2.04. The molecule has 2 rings (SSSR count). The molecule has 2 aromatic carbocycles. The van der Waals surface area contributed by atoms with Crippen LogP contribution in [0.25, 0.3) is 16.7 Å². The Balaban J connectivity index is 2.55. The monoisotopic (exact) mass is 234 g/mol. The van der Waals surface area contributed by atoms with Crippen LogP contribution in [0.4, 0.5) is 0 Å². The van der Waals surface area contributed by atoms with Crippen molar-refractivity contribution < 1.29 is 0 Å². The van der Waals surface area contributed by atoms with E-state index < -0.39 is 0 Å². The molecule has 0 fully saturated rings. The molecule has 0 aliphatic rings. The molecule has 0 N–H and O–H groups in total. The van der Waals surface area contributed by atoms with Crippen molar-refractivity contribution in [1.82, 2.24) is 0 Å². The van der Waals surface area contributed by atoms with Gasteiger partial charge in [0.2, 0.25) is 0 Å². The molecule has 0 spiro atoms. The Morgan fingerprint density at radius 3 is 2.39 bits per heavy atom. The highest BCUT2D eigenvalue weighted by molar-refractivity contribution is 5.78. The molecule has 0 radical (unpaired) electrons. The lowest BCUT2D eigenvalue weighted by molar-refractivity contribution is 1.44. The molecule has 18 heavy (non-hydrogen) atoms. The van der Waals surface area contributed by atoms with Crippen molar-refractivity contribution in [3.05, 3.63) is 78.4 Å². The summed E-state index contributed by atoms with van der Waals surface area (Å²) in [6.07, 6.45) is 3.99. The summed E-state index contributed by atoms with van der Waals surface area (Å²) in [4.78, 5) is 0. The average molecular weight is 234 g/mol. The van der Waals surface area contributed by atoms with Crippen LogP contribution in [0.1, 0.15) is 18.1 Å². The first-order chi connectivity index (χ1) is 8.76. The van der Waals surface area contributed by atoms with Gasteiger partial charge in [0.15, 0.2) is 0 Å². The van der Waals surface area contributed by atoms with Gasteiger partial charge in [-0.15, -0.1) is 0 Å². The molecule has 0 heteroatoms. The third-order valence-corrected chi connectivity index (χ3v) is 3.19. The molecule has 0 nitrogen and oxygen atoms in total. The molecule has 0 aliphatic carbocycles. The zero-order valence-corrected chi connectivity index (χ0v) is 11.0. The maximum Gasteiger partial charge on any atom is -0.0149 e. The molecule has 0 aliphatic heterocycles. The second kappa shape index (κ2) is 5.50. The van der Waals surface area contributed by atoms with Crippen molar-refractivity contribution in [3.63, 3.8) is 0 Å². The van der Waals surface area contributed by atoms with Crippen LogP contribution in [0.5, 0.6) is 0 Å². The molecule has 0 unspecified atom stereocenters. The van der Waals surface area contributed by atoms with E-state index in [4.69, 9.17) is 0 Å². The first-order valence-electron chi connectivity index (χ1n) is 6.21. The van der Waals surface area contributed by atoms with Crippen LogP contribution in [0.15, 0.2) is 67.3 Å². The van der Waals surface area contributed by atoms with Gasteiger partial charge in [0.25, 0.3) is 0 Å². The maximum atomic E-state index is 3.86. The number of hydrogen-bond acceptors (Lipinski definition) is 0. The van der Waals surface area contributed by atoms with Gasteiger partial charge in [-0.1, -0.05) is 61.2 Å². The van der Waals surface area contributed by atoms with Gasteiger partial charge in [0, 0.05) is 0 Å². The van der Waals surface area contributed by atoms with E-state index in [2.05, 4.69) is 62.0 Å². The molecule has 0 saturated heterocycles. The lowest BCUT2D eigenvalue weighted by Gasteiger charge is -2.10. The van der Waals surface area contributed by atoms with Crippen LogP contribution in [0.2, 0.25) is 0 Å². The second-order valence-corrected chi connectivity index (χ2v) is 4.34. The average Bonchev–Trinajstić information content (AvgIpc) is 2.43. The second-order valence-electron chi connectivity index (χ2n) is 4.34. The van der Waals surface area contributed by atoms with Crippen LogP contribution in [-0.4, -0.2) is 0 Å². The number of aryl methyl sites for hydroxylation is 1. The minimum Gasteiger partial charge on any atom is -0.0985 e. The zero-order chi connectivity index (χ0) is 13.0. The number of rotatable bonds is 3. The molecule has 90 valence electrons. The van der Waals surface area contributed by atoms with Gasteiger partial charge in [0.1, 0.15) is 0 Å². The van der Waals surface area contributed by atoms with Gasteiger partial charge in [0.05, 0.1) is 0 Å². The van der Waals surface area contributed by atoms with Gasteiger partial charge >= 0.3 is 0 Å².